The summed E-state index contributed by atoms with van der Waals surface area (Å²) in [7, 11) is 0. The predicted molar refractivity (Wildman–Crippen MR) is 63.0 cm³/mol. The van der Waals surface area contributed by atoms with Gasteiger partial charge in [-0.2, -0.15) is 0 Å². The molecule has 1 aliphatic carbocycles. The van der Waals surface area contributed by atoms with Crippen LogP contribution < -0.4 is 5.32 Å². The van der Waals surface area contributed by atoms with Gasteiger partial charge in [-0.1, -0.05) is 13.3 Å². The van der Waals surface area contributed by atoms with Crippen LogP contribution in [0.15, 0.2) is 0 Å². The summed E-state index contributed by atoms with van der Waals surface area (Å²) >= 11 is 0. The van der Waals surface area contributed by atoms with Gasteiger partial charge < -0.3 is 5.32 Å². The van der Waals surface area contributed by atoms with Crippen LogP contribution >= 0.6 is 0 Å². The zero-order valence-corrected chi connectivity index (χ0v) is 9.97. The molecule has 2 atom stereocenters. The van der Waals surface area contributed by atoms with Crippen LogP contribution in [0.2, 0.25) is 0 Å². The predicted octanol–water partition coefficient (Wildman–Crippen LogP) is 2.00. The van der Waals surface area contributed by atoms with Crippen LogP contribution in [0.25, 0.3) is 0 Å². The van der Waals surface area contributed by atoms with E-state index in [2.05, 4.69) is 17.1 Å². The average Bonchev–Trinajstić information content (AvgIpc) is 2.86. The lowest BCUT2D eigenvalue weighted by Gasteiger charge is -2.33. The fourth-order valence-electron chi connectivity index (χ4n) is 3.25. The molecule has 0 aromatic heterocycles. The van der Waals surface area contributed by atoms with Crippen molar-refractivity contribution in [2.45, 2.75) is 57.5 Å². The number of hydrogen-bond acceptors (Lipinski definition) is 2. The van der Waals surface area contributed by atoms with Crippen molar-refractivity contribution in [1.29, 1.82) is 0 Å². The summed E-state index contributed by atoms with van der Waals surface area (Å²) in [5, 5.41) is 3.84. The number of hydrogen-bond donors (Lipinski definition) is 1. The Kier molecular flexibility index (Phi) is 2.52. The Hall–Kier alpha value is -0.0800. The van der Waals surface area contributed by atoms with Gasteiger partial charge in [-0.15, -0.1) is 0 Å². The quantitative estimate of drug-likeness (QED) is 0.763. The molecule has 2 heterocycles. The van der Waals surface area contributed by atoms with Gasteiger partial charge in [0, 0.05) is 25.2 Å². The van der Waals surface area contributed by atoms with Crippen LogP contribution in [0, 0.1) is 5.41 Å². The van der Waals surface area contributed by atoms with Gasteiger partial charge in [0.05, 0.1) is 0 Å². The van der Waals surface area contributed by atoms with Crippen molar-refractivity contribution >= 4 is 0 Å². The molecule has 2 nitrogen and oxygen atoms in total. The van der Waals surface area contributed by atoms with Crippen molar-refractivity contribution in [3.8, 4) is 0 Å². The molecule has 1 saturated carbocycles. The summed E-state index contributed by atoms with van der Waals surface area (Å²) in [6, 6.07) is 1.68. The molecule has 0 bridgehead atoms. The minimum absolute atomic E-state index is 0.669. The second kappa shape index (κ2) is 3.74. The highest BCUT2D eigenvalue weighted by Gasteiger charge is 2.40. The Bertz CT molecular complexity index is 235. The fraction of sp³-hybridized carbons (Fsp3) is 1.00. The Morgan fingerprint density at radius 2 is 2.07 bits per heavy atom. The van der Waals surface area contributed by atoms with Gasteiger partial charge in [-0.05, 0) is 44.1 Å². The fourth-order valence-corrected chi connectivity index (χ4v) is 3.25. The number of fused-ring (bicyclic) bond motifs is 1. The average molecular weight is 208 g/mol. The molecule has 0 spiro atoms. The molecule has 2 heteroatoms. The minimum Gasteiger partial charge on any atom is -0.312 e. The third kappa shape index (κ3) is 2.07. The molecule has 1 N–H and O–H groups in total. The third-order valence-electron chi connectivity index (χ3n) is 4.75. The van der Waals surface area contributed by atoms with Crippen molar-refractivity contribution in [2.24, 2.45) is 5.41 Å². The molecule has 2 unspecified atom stereocenters. The van der Waals surface area contributed by atoms with Crippen molar-refractivity contribution in [3.05, 3.63) is 0 Å². The first kappa shape index (κ1) is 10.1. The topological polar surface area (TPSA) is 15.3 Å². The van der Waals surface area contributed by atoms with Crippen LogP contribution in [-0.4, -0.2) is 36.6 Å². The molecule has 0 aromatic carbocycles. The summed E-state index contributed by atoms with van der Waals surface area (Å²) in [6.07, 6.45) is 8.61. The van der Waals surface area contributed by atoms with Crippen LogP contribution in [0.1, 0.15) is 45.4 Å². The lowest BCUT2D eigenvalue weighted by atomic mass is 9.98. The number of nitrogens with zero attached hydrogens (tertiary/aromatic N) is 1. The first-order valence-electron chi connectivity index (χ1n) is 6.74. The van der Waals surface area contributed by atoms with Crippen LogP contribution in [-0.2, 0) is 0 Å². The van der Waals surface area contributed by atoms with Gasteiger partial charge in [-0.25, -0.2) is 0 Å². The highest BCUT2D eigenvalue weighted by atomic mass is 15.2. The van der Waals surface area contributed by atoms with E-state index in [1.165, 1.54) is 58.2 Å². The van der Waals surface area contributed by atoms with Gasteiger partial charge in [0.1, 0.15) is 0 Å². The van der Waals surface area contributed by atoms with Gasteiger partial charge in [0.2, 0.25) is 0 Å². The maximum absolute atomic E-state index is 3.84. The van der Waals surface area contributed by atoms with Crippen LogP contribution in [0.4, 0.5) is 0 Å². The van der Waals surface area contributed by atoms with Crippen LogP contribution in [0.5, 0.6) is 0 Å². The van der Waals surface area contributed by atoms with E-state index < -0.39 is 0 Å². The second-order valence-corrected chi connectivity index (χ2v) is 6.19. The van der Waals surface area contributed by atoms with Crippen LogP contribution in [0.3, 0.4) is 0 Å². The molecule has 3 fully saturated rings. The maximum Gasteiger partial charge on any atom is 0.0249 e. The number of piperidine rings is 1. The molecule has 86 valence electrons. The molecule has 3 aliphatic rings. The largest absolute Gasteiger partial charge is 0.312 e. The highest BCUT2D eigenvalue weighted by molar-refractivity contribution is 4.97. The molecular weight excluding hydrogens is 184 g/mol. The van der Waals surface area contributed by atoms with Crippen molar-refractivity contribution in [2.75, 3.05) is 19.6 Å². The van der Waals surface area contributed by atoms with Gasteiger partial charge in [-0.3, -0.25) is 4.90 Å². The molecular formula is C13H24N2. The Labute approximate surface area is 93.4 Å². The molecule has 2 saturated heterocycles. The smallest absolute Gasteiger partial charge is 0.0249 e. The van der Waals surface area contributed by atoms with E-state index in [4.69, 9.17) is 0 Å². The number of rotatable bonds is 3. The monoisotopic (exact) mass is 208 g/mol. The Morgan fingerprint density at radius 3 is 2.87 bits per heavy atom. The van der Waals surface area contributed by atoms with Crippen molar-refractivity contribution < 1.29 is 0 Å². The third-order valence-corrected chi connectivity index (χ3v) is 4.75. The normalized spacial score (nSPS) is 39.0. The van der Waals surface area contributed by atoms with E-state index in [9.17, 15) is 0 Å². The Morgan fingerprint density at radius 1 is 1.20 bits per heavy atom. The summed E-state index contributed by atoms with van der Waals surface area (Å²) in [6.45, 7) is 6.40. The molecule has 15 heavy (non-hydrogen) atoms. The summed E-state index contributed by atoms with van der Waals surface area (Å²) in [5.74, 6) is 0. The SMILES string of the molecule is CC1(CNC2CCN3CCCCC23)CC1. The molecule has 0 amide bonds. The summed E-state index contributed by atoms with van der Waals surface area (Å²) in [4.78, 5) is 2.72. The van der Waals surface area contributed by atoms with E-state index in [1.54, 1.807) is 0 Å². The van der Waals surface area contributed by atoms with Crippen molar-refractivity contribution in [3.63, 3.8) is 0 Å². The van der Waals surface area contributed by atoms with Gasteiger partial charge in [0.25, 0.3) is 0 Å². The van der Waals surface area contributed by atoms with E-state index >= 15 is 0 Å². The van der Waals surface area contributed by atoms with Crippen molar-refractivity contribution in [1.82, 2.24) is 10.2 Å². The molecule has 0 aromatic rings. The number of nitrogens with one attached hydrogen (secondary N) is 1. The zero-order chi connectivity index (χ0) is 10.3. The van der Waals surface area contributed by atoms with E-state index in [1.807, 2.05) is 0 Å². The molecule has 2 aliphatic heterocycles. The van der Waals surface area contributed by atoms with Gasteiger partial charge >= 0.3 is 0 Å². The Balaban J connectivity index is 1.53. The highest BCUT2D eigenvalue weighted by Crippen LogP contribution is 2.44. The lowest BCUT2D eigenvalue weighted by molar-refractivity contribution is 0.178. The lowest BCUT2D eigenvalue weighted by Crippen LogP contribution is -2.46. The maximum atomic E-state index is 3.84. The van der Waals surface area contributed by atoms with E-state index in [-0.39, 0.29) is 0 Å². The summed E-state index contributed by atoms with van der Waals surface area (Å²) < 4.78 is 0. The zero-order valence-electron chi connectivity index (χ0n) is 9.97. The summed E-state index contributed by atoms with van der Waals surface area (Å²) in [5.41, 5.74) is 0.669. The second-order valence-electron chi connectivity index (χ2n) is 6.19. The standard InChI is InChI=1S/C13H24N2/c1-13(6-7-13)10-14-11-5-9-15-8-3-2-4-12(11)15/h11-12,14H,2-10H2,1H3. The minimum atomic E-state index is 0.669. The first-order valence-corrected chi connectivity index (χ1v) is 6.74. The van der Waals surface area contributed by atoms with E-state index in [0.717, 1.165) is 12.1 Å². The molecule has 0 radical (unpaired) electrons. The first-order chi connectivity index (χ1) is 7.27. The van der Waals surface area contributed by atoms with E-state index in [0.29, 0.717) is 5.41 Å². The van der Waals surface area contributed by atoms with Gasteiger partial charge in [0.15, 0.2) is 0 Å². The molecule has 3 rings (SSSR count).